The van der Waals surface area contributed by atoms with Gasteiger partial charge in [0.15, 0.2) is 0 Å². The molecule has 4 heteroatoms. The quantitative estimate of drug-likeness (QED) is 0.658. The maximum atomic E-state index is 12.4. The second-order valence-electron chi connectivity index (χ2n) is 3.17. The van der Waals surface area contributed by atoms with E-state index in [0.29, 0.717) is 9.86 Å². The van der Waals surface area contributed by atoms with Gasteiger partial charge in [0.2, 0.25) is 0 Å². The molecule has 0 nitrogen and oxygen atoms in total. The fourth-order valence-electron chi connectivity index (χ4n) is 1.41. The van der Waals surface area contributed by atoms with Crippen molar-refractivity contribution in [1.82, 2.24) is 0 Å². The van der Waals surface area contributed by atoms with E-state index in [-0.39, 0.29) is 0 Å². The Hall–Kier alpha value is -1.03. The van der Waals surface area contributed by atoms with Crippen molar-refractivity contribution in [2.45, 2.75) is 6.18 Å². The van der Waals surface area contributed by atoms with Gasteiger partial charge in [-0.05, 0) is 29.0 Å². The minimum absolute atomic E-state index is 0.576. The lowest BCUT2D eigenvalue weighted by Crippen LogP contribution is -2.04. The van der Waals surface area contributed by atoms with Gasteiger partial charge >= 0.3 is 6.18 Å². The van der Waals surface area contributed by atoms with E-state index < -0.39 is 11.7 Å². The summed E-state index contributed by atoms with van der Waals surface area (Å²) in [5, 5.41) is 1.37. The number of hydrogen-bond acceptors (Lipinski definition) is 0. The van der Waals surface area contributed by atoms with Crippen molar-refractivity contribution >= 4 is 26.7 Å². The molecular formula is C11H6BrF3. The molecule has 2 aromatic rings. The smallest absolute Gasteiger partial charge is 0.166 e. The van der Waals surface area contributed by atoms with E-state index in [1.54, 1.807) is 18.2 Å². The number of fused-ring (bicyclic) bond motifs is 1. The molecule has 0 saturated carbocycles. The average molecular weight is 275 g/mol. The molecule has 0 spiro atoms. The molecular weight excluding hydrogens is 269 g/mol. The normalized spacial score (nSPS) is 12.0. The molecule has 0 bridgehead atoms. The highest BCUT2D eigenvalue weighted by Crippen LogP contribution is 2.33. The molecule has 0 heterocycles. The van der Waals surface area contributed by atoms with Crippen LogP contribution < -0.4 is 0 Å². The number of halogens is 4. The molecule has 2 rings (SSSR count). The van der Waals surface area contributed by atoms with Crippen LogP contribution in [-0.2, 0) is 6.18 Å². The van der Waals surface area contributed by atoms with Gasteiger partial charge in [0.25, 0.3) is 0 Å². The average Bonchev–Trinajstić information content (AvgIpc) is 2.16. The van der Waals surface area contributed by atoms with Crippen molar-refractivity contribution in [2.75, 3.05) is 0 Å². The van der Waals surface area contributed by atoms with E-state index >= 15 is 0 Å². The summed E-state index contributed by atoms with van der Waals surface area (Å²) in [4.78, 5) is 0. The highest BCUT2D eigenvalue weighted by atomic mass is 79.9. The van der Waals surface area contributed by atoms with E-state index in [4.69, 9.17) is 0 Å². The van der Waals surface area contributed by atoms with Crippen molar-refractivity contribution in [2.24, 2.45) is 0 Å². The van der Waals surface area contributed by atoms with Crippen LogP contribution in [0.3, 0.4) is 0 Å². The SMILES string of the molecule is FC(F)(F)c1ccc2cccc(Br)c2c1. The lowest BCUT2D eigenvalue weighted by molar-refractivity contribution is -0.137. The summed E-state index contributed by atoms with van der Waals surface area (Å²) in [6, 6.07) is 9.01. The fraction of sp³-hybridized carbons (Fsp3) is 0.0909. The topological polar surface area (TPSA) is 0 Å². The molecule has 78 valence electrons. The zero-order valence-corrected chi connectivity index (χ0v) is 9.06. The lowest BCUT2D eigenvalue weighted by Gasteiger charge is -2.08. The number of alkyl halides is 3. The standard InChI is InChI=1S/C11H6BrF3/c12-10-3-1-2-7-4-5-8(6-9(7)10)11(13,14)15/h1-6H. The Kier molecular flexibility index (Phi) is 2.46. The Balaban J connectivity index is 2.70. The van der Waals surface area contributed by atoms with Gasteiger partial charge in [-0.25, -0.2) is 0 Å². The van der Waals surface area contributed by atoms with Crippen molar-refractivity contribution in [3.05, 3.63) is 46.4 Å². The first-order valence-corrected chi connectivity index (χ1v) is 5.03. The summed E-state index contributed by atoms with van der Waals surface area (Å²) < 4.78 is 38.0. The predicted molar refractivity (Wildman–Crippen MR) is 56.7 cm³/mol. The minimum Gasteiger partial charge on any atom is -0.166 e. The summed E-state index contributed by atoms with van der Waals surface area (Å²) in [5.41, 5.74) is -0.623. The third-order valence-corrected chi connectivity index (χ3v) is 2.85. The molecule has 0 amide bonds. The third-order valence-electron chi connectivity index (χ3n) is 2.16. The number of benzene rings is 2. The zero-order valence-electron chi connectivity index (χ0n) is 7.48. The molecule has 15 heavy (non-hydrogen) atoms. The van der Waals surface area contributed by atoms with Gasteiger partial charge in [-0.2, -0.15) is 13.2 Å². The van der Waals surface area contributed by atoms with Crippen LogP contribution in [0.4, 0.5) is 13.2 Å². The zero-order chi connectivity index (χ0) is 11.1. The third kappa shape index (κ3) is 2.00. The monoisotopic (exact) mass is 274 g/mol. The second-order valence-corrected chi connectivity index (χ2v) is 4.03. The highest BCUT2D eigenvalue weighted by molar-refractivity contribution is 9.10. The maximum absolute atomic E-state index is 12.4. The molecule has 0 radical (unpaired) electrons. The molecule has 0 fully saturated rings. The van der Waals surface area contributed by atoms with Crippen LogP contribution in [0.2, 0.25) is 0 Å². The summed E-state index contributed by atoms with van der Waals surface area (Å²) in [7, 11) is 0. The molecule has 0 aliphatic heterocycles. The van der Waals surface area contributed by atoms with Gasteiger partial charge in [0.05, 0.1) is 5.56 Å². The molecule has 2 aromatic carbocycles. The van der Waals surface area contributed by atoms with Gasteiger partial charge in [-0.1, -0.05) is 34.1 Å². The lowest BCUT2D eigenvalue weighted by atomic mass is 10.1. The first-order valence-electron chi connectivity index (χ1n) is 4.24. The molecule has 0 aliphatic carbocycles. The van der Waals surface area contributed by atoms with Crippen LogP contribution >= 0.6 is 15.9 Å². The fourth-order valence-corrected chi connectivity index (χ4v) is 1.91. The van der Waals surface area contributed by atoms with E-state index in [2.05, 4.69) is 15.9 Å². The van der Waals surface area contributed by atoms with Gasteiger partial charge < -0.3 is 0 Å². The summed E-state index contributed by atoms with van der Waals surface area (Å²) in [6.07, 6.45) is -4.29. The van der Waals surface area contributed by atoms with E-state index in [0.717, 1.165) is 17.5 Å². The van der Waals surface area contributed by atoms with Gasteiger partial charge in [-0.15, -0.1) is 0 Å². The van der Waals surface area contributed by atoms with Crippen molar-refractivity contribution < 1.29 is 13.2 Å². The molecule has 0 aliphatic rings. The summed E-state index contributed by atoms with van der Waals surface area (Å²) in [5.74, 6) is 0. The van der Waals surface area contributed by atoms with Crippen LogP contribution in [0, 0.1) is 0 Å². The van der Waals surface area contributed by atoms with E-state index in [1.807, 2.05) is 0 Å². The highest BCUT2D eigenvalue weighted by Gasteiger charge is 2.30. The van der Waals surface area contributed by atoms with Crippen molar-refractivity contribution in [1.29, 1.82) is 0 Å². The maximum Gasteiger partial charge on any atom is 0.416 e. The van der Waals surface area contributed by atoms with E-state index in [9.17, 15) is 13.2 Å². The van der Waals surface area contributed by atoms with Gasteiger partial charge in [0.1, 0.15) is 0 Å². The molecule has 0 aromatic heterocycles. The first-order chi connectivity index (χ1) is 6.98. The van der Waals surface area contributed by atoms with Crippen molar-refractivity contribution in [3.63, 3.8) is 0 Å². The summed E-state index contributed by atoms with van der Waals surface area (Å²) in [6.45, 7) is 0. The molecule has 0 N–H and O–H groups in total. The van der Waals surface area contributed by atoms with Crippen LogP contribution in [0.1, 0.15) is 5.56 Å². The number of rotatable bonds is 0. The van der Waals surface area contributed by atoms with Crippen molar-refractivity contribution in [3.8, 4) is 0 Å². The van der Waals surface area contributed by atoms with Gasteiger partial charge in [-0.3, -0.25) is 0 Å². The van der Waals surface area contributed by atoms with Crippen LogP contribution in [0.15, 0.2) is 40.9 Å². The molecule has 0 atom stereocenters. The Morgan fingerprint density at radius 2 is 1.73 bits per heavy atom. The predicted octanol–water partition coefficient (Wildman–Crippen LogP) is 4.62. The largest absolute Gasteiger partial charge is 0.416 e. The number of hydrogen-bond donors (Lipinski definition) is 0. The Morgan fingerprint density at radius 1 is 1.00 bits per heavy atom. The van der Waals surface area contributed by atoms with Gasteiger partial charge in [0, 0.05) is 4.47 Å². The van der Waals surface area contributed by atoms with Crippen LogP contribution in [-0.4, -0.2) is 0 Å². The van der Waals surface area contributed by atoms with Crippen LogP contribution in [0.25, 0.3) is 10.8 Å². The second kappa shape index (κ2) is 3.52. The van der Waals surface area contributed by atoms with E-state index in [1.165, 1.54) is 6.07 Å². The molecule has 0 unspecified atom stereocenters. The Labute approximate surface area is 92.8 Å². The summed E-state index contributed by atoms with van der Waals surface area (Å²) >= 11 is 3.23. The molecule has 0 saturated heterocycles. The Morgan fingerprint density at radius 3 is 2.40 bits per heavy atom. The first kappa shape index (κ1) is 10.5. The Bertz CT molecular complexity index is 503. The minimum atomic E-state index is -4.29. The van der Waals surface area contributed by atoms with Crippen LogP contribution in [0.5, 0.6) is 0 Å².